The van der Waals surface area contributed by atoms with Gasteiger partial charge in [0.2, 0.25) is 0 Å². The van der Waals surface area contributed by atoms with Gasteiger partial charge in [0.15, 0.2) is 0 Å². The van der Waals surface area contributed by atoms with Crippen molar-refractivity contribution in [3.8, 4) is 0 Å². The summed E-state index contributed by atoms with van der Waals surface area (Å²) in [7, 11) is 4.35. The molecule has 0 aliphatic rings. The van der Waals surface area contributed by atoms with E-state index in [1.807, 2.05) is 0 Å². The first-order chi connectivity index (χ1) is 8.36. The molecule has 0 aromatic rings. The molecule has 0 radical (unpaired) electrons. The molecule has 18 heavy (non-hydrogen) atoms. The van der Waals surface area contributed by atoms with Gasteiger partial charge in [0.25, 0.3) is 0 Å². The molecule has 0 heterocycles. The van der Waals surface area contributed by atoms with Crippen molar-refractivity contribution < 1.29 is 0 Å². The summed E-state index contributed by atoms with van der Waals surface area (Å²) in [5.74, 6) is 0.894. The Morgan fingerprint density at radius 3 is 2.11 bits per heavy atom. The second-order valence-electron chi connectivity index (χ2n) is 6.47. The SMILES string of the molecule is CCC(C)CCCCNC(CC)C(C)(C)N(C)C. The number of likely N-dealkylation sites (N-methyl/N-ethyl adjacent to an activating group) is 1. The zero-order valence-electron chi connectivity index (χ0n) is 13.8. The molecule has 110 valence electrons. The molecule has 0 aromatic heterocycles. The summed E-state index contributed by atoms with van der Waals surface area (Å²) in [5, 5.41) is 3.74. The Morgan fingerprint density at radius 2 is 1.67 bits per heavy atom. The molecule has 2 nitrogen and oxygen atoms in total. The summed E-state index contributed by atoms with van der Waals surface area (Å²) in [6.45, 7) is 12.7. The van der Waals surface area contributed by atoms with Gasteiger partial charge < -0.3 is 10.2 Å². The molecular weight excluding hydrogens is 220 g/mol. The summed E-state index contributed by atoms with van der Waals surface area (Å²) < 4.78 is 0. The highest BCUT2D eigenvalue weighted by molar-refractivity contribution is 4.90. The minimum Gasteiger partial charge on any atom is -0.312 e. The Kier molecular flexibility index (Phi) is 8.89. The van der Waals surface area contributed by atoms with Gasteiger partial charge in [-0.3, -0.25) is 0 Å². The van der Waals surface area contributed by atoms with Crippen molar-refractivity contribution in [1.82, 2.24) is 10.2 Å². The third kappa shape index (κ3) is 6.19. The van der Waals surface area contributed by atoms with Crippen molar-refractivity contribution in [3.05, 3.63) is 0 Å². The molecule has 0 rings (SSSR count). The van der Waals surface area contributed by atoms with Crippen LogP contribution in [0.1, 0.15) is 66.7 Å². The third-order valence-corrected chi connectivity index (χ3v) is 4.62. The van der Waals surface area contributed by atoms with Crippen molar-refractivity contribution in [2.75, 3.05) is 20.6 Å². The summed E-state index contributed by atoms with van der Waals surface area (Å²) in [6, 6.07) is 0.580. The van der Waals surface area contributed by atoms with Crippen molar-refractivity contribution in [2.24, 2.45) is 5.92 Å². The quantitative estimate of drug-likeness (QED) is 0.596. The van der Waals surface area contributed by atoms with Crippen LogP contribution in [0.15, 0.2) is 0 Å². The van der Waals surface area contributed by atoms with Crippen LogP contribution in [-0.2, 0) is 0 Å². The number of nitrogens with one attached hydrogen (secondary N) is 1. The maximum absolute atomic E-state index is 3.74. The van der Waals surface area contributed by atoms with Crippen LogP contribution < -0.4 is 5.32 Å². The molecular formula is C16H36N2. The molecule has 0 saturated carbocycles. The van der Waals surface area contributed by atoms with Crippen LogP contribution in [-0.4, -0.2) is 37.1 Å². The molecule has 0 aliphatic heterocycles. The molecule has 0 spiro atoms. The number of hydrogen-bond donors (Lipinski definition) is 1. The number of hydrogen-bond acceptors (Lipinski definition) is 2. The average molecular weight is 256 g/mol. The van der Waals surface area contributed by atoms with Crippen LogP contribution >= 0.6 is 0 Å². The Labute approximate surface area is 116 Å². The fraction of sp³-hybridized carbons (Fsp3) is 1.00. The van der Waals surface area contributed by atoms with Gasteiger partial charge in [0, 0.05) is 11.6 Å². The standard InChI is InChI=1S/C16H36N2/c1-8-14(3)12-10-11-13-17-15(9-2)16(4,5)18(6)7/h14-15,17H,8-13H2,1-7H3. The molecule has 2 heteroatoms. The van der Waals surface area contributed by atoms with Crippen LogP contribution in [0.25, 0.3) is 0 Å². The van der Waals surface area contributed by atoms with Crippen LogP contribution in [0, 0.1) is 5.92 Å². The predicted octanol–water partition coefficient (Wildman–Crippen LogP) is 3.91. The molecule has 2 atom stereocenters. The third-order valence-electron chi connectivity index (χ3n) is 4.62. The maximum Gasteiger partial charge on any atom is 0.0300 e. The monoisotopic (exact) mass is 256 g/mol. The van der Waals surface area contributed by atoms with Crippen LogP contribution in [0.4, 0.5) is 0 Å². The van der Waals surface area contributed by atoms with E-state index in [2.05, 4.69) is 58.9 Å². The van der Waals surface area contributed by atoms with E-state index >= 15 is 0 Å². The highest BCUT2D eigenvalue weighted by atomic mass is 15.2. The highest BCUT2D eigenvalue weighted by Gasteiger charge is 2.29. The van der Waals surface area contributed by atoms with Gasteiger partial charge in [-0.2, -0.15) is 0 Å². The second-order valence-corrected chi connectivity index (χ2v) is 6.47. The van der Waals surface area contributed by atoms with Gasteiger partial charge in [0.1, 0.15) is 0 Å². The maximum atomic E-state index is 3.74. The van der Waals surface area contributed by atoms with Crippen LogP contribution in [0.5, 0.6) is 0 Å². The van der Waals surface area contributed by atoms with Gasteiger partial charge in [0.05, 0.1) is 0 Å². The zero-order valence-corrected chi connectivity index (χ0v) is 13.8. The summed E-state index contributed by atoms with van der Waals surface area (Å²) >= 11 is 0. The molecule has 0 saturated heterocycles. The van der Waals surface area contributed by atoms with E-state index < -0.39 is 0 Å². The summed E-state index contributed by atoms with van der Waals surface area (Å²) in [5.41, 5.74) is 0.228. The lowest BCUT2D eigenvalue weighted by Crippen LogP contribution is -2.55. The van der Waals surface area contributed by atoms with E-state index in [0.29, 0.717) is 6.04 Å². The van der Waals surface area contributed by atoms with Gasteiger partial charge in [-0.1, -0.05) is 40.0 Å². The molecule has 0 amide bonds. The molecule has 2 unspecified atom stereocenters. The molecule has 0 fully saturated rings. The van der Waals surface area contributed by atoms with Gasteiger partial charge >= 0.3 is 0 Å². The van der Waals surface area contributed by atoms with E-state index in [9.17, 15) is 0 Å². The van der Waals surface area contributed by atoms with E-state index in [4.69, 9.17) is 0 Å². The lowest BCUT2D eigenvalue weighted by Gasteiger charge is -2.40. The Hall–Kier alpha value is -0.0800. The molecule has 0 bridgehead atoms. The lowest BCUT2D eigenvalue weighted by molar-refractivity contribution is 0.134. The molecule has 1 N–H and O–H groups in total. The Morgan fingerprint density at radius 1 is 1.06 bits per heavy atom. The number of nitrogens with zero attached hydrogens (tertiary/aromatic N) is 1. The van der Waals surface area contributed by atoms with E-state index in [1.54, 1.807) is 0 Å². The minimum atomic E-state index is 0.228. The van der Waals surface area contributed by atoms with Crippen molar-refractivity contribution >= 4 is 0 Å². The van der Waals surface area contributed by atoms with Gasteiger partial charge in [-0.25, -0.2) is 0 Å². The first kappa shape index (κ1) is 17.9. The van der Waals surface area contributed by atoms with E-state index in [1.165, 1.54) is 32.1 Å². The topological polar surface area (TPSA) is 15.3 Å². The zero-order chi connectivity index (χ0) is 14.2. The largest absolute Gasteiger partial charge is 0.312 e. The fourth-order valence-electron chi connectivity index (χ4n) is 2.30. The number of unbranched alkanes of at least 4 members (excludes halogenated alkanes) is 1. The lowest BCUT2D eigenvalue weighted by atomic mass is 9.91. The summed E-state index contributed by atoms with van der Waals surface area (Å²) in [6.07, 6.45) is 6.56. The molecule has 0 aliphatic carbocycles. The minimum absolute atomic E-state index is 0.228. The van der Waals surface area contributed by atoms with Gasteiger partial charge in [-0.15, -0.1) is 0 Å². The Bertz CT molecular complexity index is 199. The van der Waals surface area contributed by atoms with Crippen LogP contribution in [0.2, 0.25) is 0 Å². The summed E-state index contributed by atoms with van der Waals surface area (Å²) in [4.78, 5) is 2.33. The van der Waals surface area contributed by atoms with E-state index in [0.717, 1.165) is 12.5 Å². The van der Waals surface area contributed by atoms with Crippen LogP contribution in [0.3, 0.4) is 0 Å². The van der Waals surface area contributed by atoms with Crippen molar-refractivity contribution in [1.29, 1.82) is 0 Å². The van der Waals surface area contributed by atoms with Gasteiger partial charge in [-0.05, 0) is 53.2 Å². The van der Waals surface area contributed by atoms with E-state index in [-0.39, 0.29) is 5.54 Å². The smallest absolute Gasteiger partial charge is 0.0300 e. The predicted molar refractivity (Wildman–Crippen MR) is 83.2 cm³/mol. The first-order valence-electron chi connectivity index (χ1n) is 7.77. The van der Waals surface area contributed by atoms with Crippen molar-refractivity contribution in [3.63, 3.8) is 0 Å². The van der Waals surface area contributed by atoms with Crippen molar-refractivity contribution in [2.45, 2.75) is 78.3 Å². The number of rotatable bonds is 10. The second kappa shape index (κ2) is 8.92. The highest BCUT2D eigenvalue weighted by Crippen LogP contribution is 2.18. The molecule has 0 aromatic carbocycles. The average Bonchev–Trinajstić information content (AvgIpc) is 2.32. The normalized spacial score (nSPS) is 16.0. The first-order valence-corrected chi connectivity index (χ1v) is 7.77. The fourth-order valence-corrected chi connectivity index (χ4v) is 2.30. The Balaban J connectivity index is 3.88.